The molecule has 1 aromatic heterocycles. The summed E-state index contributed by atoms with van der Waals surface area (Å²) < 4.78 is 24.1. The van der Waals surface area contributed by atoms with Crippen molar-refractivity contribution in [3.8, 4) is 0 Å². The Morgan fingerprint density at radius 1 is 1.33 bits per heavy atom. The zero-order chi connectivity index (χ0) is 17.3. The maximum atomic E-state index is 14.0. The molecule has 3 rings (SSSR count). The average molecular weight is 332 g/mol. The second-order valence-electron chi connectivity index (χ2n) is 5.72. The van der Waals surface area contributed by atoms with Crippen LogP contribution in [-0.2, 0) is 9.53 Å². The molecular weight excluding hydrogens is 315 g/mol. The summed E-state index contributed by atoms with van der Waals surface area (Å²) in [4.78, 5) is 23.8. The number of hydrogen-bond acceptors (Lipinski definition) is 5. The second-order valence-corrected chi connectivity index (χ2v) is 5.72. The highest BCUT2D eigenvalue weighted by molar-refractivity contribution is 6.05. The van der Waals surface area contributed by atoms with Crippen molar-refractivity contribution in [3.05, 3.63) is 47.7 Å². The Morgan fingerprint density at radius 3 is 2.75 bits per heavy atom. The van der Waals surface area contributed by atoms with Crippen LogP contribution in [0.1, 0.15) is 29.5 Å². The van der Waals surface area contributed by atoms with Crippen molar-refractivity contribution in [2.45, 2.75) is 32.4 Å². The third-order valence-electron chi connectivity index (χ3n) is 3.83. The fourth-order valence-corrected chi connectivity index (χ4v) is 2.60. The highest BCUT2D eigenvalue weighted by Gasteiger charge is 2.31. The van der Waals surface area contributed by atoms with Gasteiger partial charge in [0.1, 0.15) is 23.7 Å². The molecule has 2 heterocycles. The van der Waals surface area contributed by atoms with Crippen LogP contribution in [0.3, 0.4) is 0 Å². The number of nitrogens with one attached hydrogen (secondary N) is 2. The van der Waals surface area contributed by atoms with Crippen LogP contribution in [0.4, 0.5) is 15.8 Å². The maximum Gasteiger partial charge on any atom is 0.328 e. The van der Waals surface area contributed by atoms with Crippen molar-refractivity contribution >= 4 is 23.3 Å². The van der Waals surface area contributed by atoms with Crippen molar-refractivity contribution < 1.29 is 23.1 Å². The van der Waals surface area contributed by atoms with E-state index in [-0.39, 0.29) is 17.8 Å². The van der Waals surface area contributed by atoms with Gasteiger partial charge < -0.3 is 19.8 Å². The summed E-state index contributed by atoms with van der Waals surface area (Å²) >= 11 is 0. The van der Waals surface area contributed by atoms with Crippen molar-refractivity contribution in [1.29, 1.82) is 0 Å². The van der Waals surface area contributed by atoms with Crippen LogP contribution in [-0.4, -0.2) is 24.0 Å². The van der Waals surface area contributed by atoms with Crippen molar-refractivity contribution in [3.63, 3.8) is 0 Å². The second kappa shape index (κ2) is 6.35. The molecule has 1 aliphatic heterocycles. The number of benzene rings is 1. The van der Waals surface area contributed by atoms with E-state index in [2.05, 4.69) is 10.6 Å². The predicted molar refractivity (Wildman–Crippen MR) is 85.4 cm³/mol. The van der Waals surface area contributed by atoms with Gasteiger partial charge in [-0.25, -0.2) is 9.18 Å². The molecule has 0 bridgehead atoms. The summed E-state index contributed by atoms with van der Waals surface area (Å²) in [5.41, 5.74) is 0.873. The predicted octanol–water partition coefficient (Wildman–Crippen LogP) is 3.10. The number of carbonyl (C=O) groups is 2. The molecule has 1 amide bonds. The monoisotopic (exact) mass is 332 g/mol. The first kappa shape index (κ1) is 16.0. The van der Waals surface area contributed by atoms with E-state index >= 15 is 0 Å². The molecule has 6 nitrogen and oxygen atoms in total. The lowest BCUT2D eigenvalue weighted by atomic mass is 10.1. The van der Waals surface area contributed by atoms with Crippen molar-refractivity contribution in [2.75, 3.05) is 10.6 Å². The zero-order valence-electron chi connectivity index (χ0n) is 13.3. The highest BCUT2D eigenvalue weighted by atomic mass is 19.1. The normalized spacial score (nSPS) is 19.9. The molecular formula is C17H17FN2O4. The Morgan fingerprint density at radius 2 is 2.12 bits per heavy atom. The Labute approximate surface area is 138 Å². The molecule has 7 heteroatoms. The summed E-state index contributed by atoms with van der Waals surface area (Å²) in [6, 6.07) is 5.21. The minimum atomic E-state index is -0.572. The van der Waals surface area contributed by atoms with E-state index < -0.39 is 17.8 Å². The summed E-state index contributed by atoms with van der Waals surface area (Å²) in [7, 11) is 0. The fourth-order valence-electron chi connectivity index (χ4n) is 2.60. The van der Waals surface area contributed by atoms with Crippen molar-refractivity contribution in [2.24, 2.45) is 0 Å². The van der Waals surface area contributed by atoms with Gasteiger partial charge in [-0.2, -0.15) is 0 Å². The Balaban J connectivity index is 1.75. The molecule has 0 aliphatic carbocycles. The van der Waals surface area contributed by atoms with E-state index in [1.165, 1.54) is 30.5 Å². The lowest BCUT2D eigenvalue weighted by Gasteiger charge is -2.13. The van der Waals surface area contributed by atoms with Crippen LogP contribution in [0, 0.1) is 12.7 Å². The first-order chi connectivity index (χ1) is 11.4. The van der Waals surface area contributed by atoms with E-state index in [0.29, 0.717) is 23.4 Å². The topological polar surface area (TPSA) is 80.6 Å². The van der Waals surface area contributed by atoms with Crippen LogP contribution in [0.2, 0.25) is 0 Å². The van der Waals surface area contributed by atoms with Gasteiger partial charge in [0.25, 0.3) is 5.91 Å². The third kappa shape index (κ3) is 3.24. The van der Waals surface area contributed by atoms with Crippen LogP contribution in [0.15, 0.2) is 34.9 Å². The van der Waals surface area contributed by atoms with Gasteiger partial charge in [0, 0.05) is 12.1 Å². The molecule has 0 spiro atoms. The molecule has 0 saturated carbocycles. The van der Waals surface area contributed by atoms with Gasteiger partial charge in [-0.05, 0) is 38.1 Å². The summed E-state index contributed by atoms with van der Waals surface area (Å²) in [5.74, 6) is -0.931. The number of aryl methyl sites for hydroxylation is 1. The first-order valence-electron chi connectivity index (χ1n) is 7.56. The molecule has 2 aromatic rings. The molecule has 1 fully saturated rings. The summed E-state index contributed by atoms with van der Waals surface area (Å²) in [6.07, 6.45) is 1.77. The number of halogens is 1. The first-order valence-corrected chi connectivity index (χ1v) is 7.56. The van der Waals surface area contributed by atoms with E-state index in [1.807, 2.05) is 6.92 Å². The van der Waals surface area contributed by atoms with Crippen LogP contribution < -0.4 is 10.6 Å². The Bertz CT molecular complexity index is 787. The minimum Gasteiger partial charge on any atom is -0.469 e. The van der Waals surface area contributed by atoms with E-state index in [0.717, 1.165) is 0 Å². The zero-order valence-corrected chi connectivity index (χ0v) is 13.3. The number of amides is 1. The molecule has 2 unspecified atom stereocenters. The SMILES string of the molecule is Cc1occc1C(=O)Nc1cc(NC2CC(C)OC2=O)ccc1F. The van der Waals surface area contributed by atoms with Crippen LogP contribution >= 0.6 is 0 Å². The lowest BCUT2D eigenvalue weighted by molar-refractivity contribution is -0.141. The number of cyclic esters (lactones) is 1. The number of ether oxygens (including phenoxy) is 1. The Kier molecular flexibility index (Phi) is 4.24. The standard InChI is InChI=1S/C17H17FN2O4/c1-9-7-15(17(22)24-9)19-11-3-4-13(18)14(8-11)20-16(21)12-5-6-23-10(12)2/h3-6,8-9,15,19H,7H2,1-2H3,(H,20,21). The molecule has 1 saturated heterocycles. The highest BCUT2D eigenvalue weighted by Crippen LogP contribution is 2.24. The van der Waals surface area contributed by atoms with Gasteiger partial charge in [-0.15, -0.1) is 0 Å². The smallest absolute Gasteiger partial charge is 0.328 e. The number of furan rings is 1. The number of hydrogen-bond donors (Lipinski definition) is 2. The molecule has 1 aliphatic rings. The third-order valence-corrected chi connectivity index (χ3v) is 3.83. The van der Waals surface area contributed by atoms with Gasteiger partial charge in [0.05, 0.1) is 17.5 Å². The molecule has 0 radical (unpaired) electrons. The molecule has 1 aromatic carbocycles. The number of esters is 1. The van der Waals surface area contributed by atoms with E-state index in [1.54, 1.807) is 6.92 Å². The lowest BCUT2D eigenvalue weighted by Crippen LogP contribution is -2.24. The fraction of sp³-hybridized carbons (Fsp3) is 0.294. The Hall–Kier alpha value is -2.83. The average Bonchev–Trinajstić information content (AvgIpc) is 3.08. The largest absolute Gasteiger partial charge is 0.469 e. The molecule has 126 valence electrons. The molecule has 2 atom stereocenters. The summed E-state index contributed by atoms with van der Waals surface area (Å²) in [5, 5.41) is 5.51. The number of rotatable bonds is 4. The molecule has 24 heavy (non-hydrogen) atoms. The quantitative estimate of drug-likeness (QED) is 0.841. The number of anilines is 2. The van der Waals surface area contributed by atoms with Gasteiger partial charge in [0.2, 0.25) is 0 Å². The van der Waals surface area contributed by atoms with Gasteiger partial charge >= 0.3 is 5.97 Å². The van der Waals surface area contributed by atoms with Gasteiger partial charge in [0.15, 0.2) is 0 Å². The van der Waals surface area contributed by atoms with Gasteiger partial charge in [-0.3, -0.25) is 4.79 Å². The van der Waals surface area contributed by atoms with E-state index in [9.17, 15) is 14.0 Å². The van der Waals surface area contributed by atoms with E-state index in [4.69, 9.17) is 9.15 Å². The summed E-state index contributed by atoms with van der Waals surface area (Å²) in [6.45, 7) is 3.46. The maximum absolute atomic E-state index is 14.0. The van der Waals surface area contributed by atoms with Crippen LogP contribution in [0.5, 0.6) is 0 Å². The van der Waals surface area contributed by atoms with Crippen LogP contribution in [0.25, 0.3) is 0 Å². The number of carbonyl (C=O) groups excluding carboxylic acids is 2. The minimum absolute atomic E-state index is 0.0185. The molecule has 2 N–H and O–H groups in total. The van der Waals surface area contributed by atoms with Crippen molar-refractivity contribution in [1.82, 2.24) is 0 Å². The van der Waals surface area contributed by atoms with Gasteiger partial charge in [-0.1, -0.05) is 0 Å².